The van der Waals surface area contributed by atoms with Crippen LogP contribution in [0.25, 0.3) is 11.3 Å². The van der Waals surface area contributed by atoms with Crippen LogP contribution >= 0.6 is 11.6 Å². The highest BCUT2D eigenvalue weighted by molar-refractivity contribution is 6.31. The first-order valence-electron chi connectivity index (χ1n) is 6.45. The zero-order valence-electron chi connectivity index (χ0n) is 11.8. The number of nitrogens with zero attached hydrogens (tertiary/aromatic N) is 1. The number of anilines is 1. The molecule has 4 N–H and O–H groups in total. The first-order valence-corrected chi connectivity index (χ1v) is 6.83. The number of pyridine rings is 1. The van der Waals surface area contributed by atoms with Gasteiger partial charge in [0.1, 0.15) is 11.4 Å². The molecule has 112 valence electrons. The van der Waals surface area contributed by atoms with Gasteiger partial charge in [-0.3, -0.25) is 0 Å². The fourth-order valence-corrected chi connectivity index (χ4v) is 2.04. The standard InChI is InChI=1S/C15H17ClFN3O/c1-15(21,8-18)14-7-10(19-2)6-13(20-14)9-3-4-12(17)11(16)5-9/h3-7,21H,8,18H2,1-2H3,(H,19,20). The van der Waals surface area contributed by atoms with E-state index in [0.29, 0.717) is 17.0 Å². The van der Waals surface area contributed by atoms with Gasteiger partial charge in [-0.1, -0.05) is 11.6 Å². The Morgan fingerprint density at radius 3 is 2.67 bits per heavy atom. The second-order valence-electron chi connectivity index (χ2n) is 4.98. The van der Waals surface area contributed by atoms with Crippen LogP contribution in [0.3, 0.4) is 0 Å². The summed E-state index contributed by atoms with van der Waals surface area (Å²) >= 11 is 5.81. The van der Waals surface area contributed by atoms with Crippen LogP contribution in [-0.2, 0) is 5.60 Å². The molecule has 0 spiro atoms. The van der Waals surface area contributed by atoms with Crippen LogP contribution in [0.5, 0.6) is 0 Å². The van der Waals surface area contributed by atoms with Crippen molar-refractivity contribution in [1.82, 2.24) is 4.98 Å². The predicted molar refractivity (Wildman–Crippen MR) is 82.8 cm³/mol. The quantitative estimate of drug-likeness (QED) is 0.812. The number of hydrogen-bond donors (Lipinski definition) is 3. The van der Waals surface area contributed by atoms with Crippen molar-refractivity contribution in [2.24, 2.45) is 5.73 Å². The Morgan fingerprint density at radius 2 is 2.10 bits per heavy atom. The number of nitrogens with two attached hydrogens (primary N) is 1. The molecule has 1 aromatic carbocycles. The second kappa shape index (κ2) is 5.97. The summed E-state index contributed by atoms with van der Waals surface area (Å²) in [6, 6.07) is 7.89. The SMILES string of the molecule is CNc1cc(-c2ccc(F)c(Cl)c2)nc(C(C)(O)CN)c1. The molecule has 6 heteroatoms. The minimum absolute atomic E-state index is 0.0243. The van der Waals surface area contributed by atoms with E-state index in [1.54, 1.807) is 32.2 Å². The minimum atomic E-state index is -1.24. The Kier molecular flexibility index (Phi) is 4.46. The number of halogens is 2. The van der Waals surface area contributed by atoms with E-state index >= 15 is 0 Å². The van der Waals surface area contributed by atoms with Crippen LogP contribution in [0.15, 0.2) is 30.3 Å². The van der Waals surface area contributed by atoms with Gasteiger partial charge in [0.2, 0.25) is 0 Å². The molecule has 2 rings (SSSR count). The minimum Gasteiger partial charge on any atom is -0.388 e. The number of nitrogens with one attached hydrogen (secondary N) is 1. The predicted octanol–water partition coefficient (Wildman–Crippen LogP) is 2.75. The third-order valence-corrected chi connectivity index (χ3v) is 3.57. The number of rotatable bonds is 4. The number of aliphatic hydroxyl groups is 1. The van der Waals surface area contributed by atoms with Gasteiger partial charge in [0.15, 0.2) is 0 Å². The molecule has 0 aliphatic heterocycles. The van der Waals surface area contributed by atoms with E-state index in [-0.39, 0.29) is 11.6 Å². The first-order chi connectivity index (χ1) is 9.87. The summed E-state index contributed by atoms with van der Waals surface area (Å²) in [7, 11) is 1.76. The van der Waals surface area contributed by atoms with Gasteiger partial charge in [0.25, 0.3) is 0 Å². The van der Waals surface area contributed by atoms with Crippen LogP contribution in [0, 0.1) is 5.82 Å². The summed E-state index contributed by atoms with van der Waals surface area (Å²) in [4.78, 5) is 4.41. The van der Waals surface area contributed by atoms with E-state index in [9.17, 15) is 9.50 Å². The van der Waals surface area contributed by atoms with Gasteiger partial charge in [0, 0.05) is 24.8 Å². The normalized spacial score (nSPS) is 13.8. The summed E-state index contributed by atoms with van der Waals surface area (Å²) < 4.78 is 13.3. The number of aromatic nitrogens is 1. The average Bonchev–Trinajstić information content (AvgIpc) is 2.49. The van der Waals surface area contributed by atoms with Crippen molar-refractivity contribution in [3.05, 3.63) is 46.9 Å². The average molecular weight is 310 g/mol. The van der Waals surface area contributed by atoms with Crippen molar-refractivity contribution in [3.63, 3.8) is 0 Å². The highest BCUT2D eigenvalue weighted by atomic mass is 35.5. The van der Waals surface area contributed by atoms with E-state index in [4.69, 9.17) is 17.3 Å². The second-order valence-corrected chi connectivity index (χ2v) is 5.39. The summed E-state index contributed by atoms with van der Waals surface area (Å²) in [5.41, 5.74) is 6.78. The maximum Gasteiger partial charge on any atom is 0.141 e. The van der Waals surface area contributed by atoms with E-state index in [1.807, 2.05) is 0 Å². The molecule has 1 atom stereocenters. The molecule has 0 amide bonds. The van der Waals surface area contributed by atoms with Gasteiger partial charge in [0.05, 0.1) is 16.4 Å². The molecule has 21 heavy (non-hydrogen) atoms. The molecule has 1 unspecified atom stereocenters. The van der Waals surface area contributed by atoms with Gasteiger partial charge in [-0.25, -0.2) is 9.37 Å². The Hall–Kier alpha value is -1.69. The molecular weight excluding hydrogens is 293 g/mol. The summed E-state index contributed by atoms with van der Waals surface area (Å²) in [6.45, 7) is 1.63. The Labute approximate surface area is 127 Å². The molecule has 0 saturated carbocycles. The molecule has 0 saturated heterocycles. The molecule has 2 aromatic rings. The fraction of sp³-hybridized carbons (Fsp3) is 0.267. The lowest BCUT2D eigenvalue weighted by atomic mass is 10.00. The van der Waals surface area contributed by atoms with E-state index in [1.165, 1.54) is 12.1 Å². The highest BCUT2D eigenvalue weighted by Gasteiger charge is 2.24. The smallest absolute Gasteiger partial charge is 0.141 e. The molecule has 1 aromatic heterocycles. The van der Waals surface area contributed by atoms with Crippen molar-refractivity contribution in [2.75, 3.05) is 18.9 Å². The first kappa shape index (κ1) is 15.7. The molecule has 0 fully saturated rings. The molecule has 1 heterocycles. The van der Waals surface area contributed by atoms with Crippen molar-refractivity contribution in [1.29, 1.82) is 0 Å². The molecule has 0 aliphatic carbocycles. The van der Waals surface area contributed by atoms with Gasteiger partial charge in [-0.15, -0.1) is 0 Å². The van der Waals surface area contributed by atoms with Gasteiger partial charge in [-0.05, 0) is 37.3 Å². The largest absolute Gasteiger partial charge is 0.388 e. The topological polar surface area (TPSA) is 71.2 Å². The van der Waals surface area contributed by atoms with E-state index in [2.05, 4.69) is 10.3 Å². The summed E-state index contributed by atoms with van der Waals surface area (Å²) in [6.07, 6.45) is 0. The van der Waals surface area contributed by atoms with Crippen molar-refractivity contribution in [2.45, 2.75) is 12.5 Å². The molecule has 4 nitrogen and oxygen atoms in total. The van der Waals surface area contributed by atoms with Crippen LogP contribution in [0.1, 0.15) is 12.6 Å². The summed E-state index contributed by atoms with van der Waals surface area (Å²) in [5.74, 6) is -0.487. The van der Waals surface area contributed by atoms with Crippen molar-refractivity contribution >= 4 is 17.3 Å². The Morgan fingerprint density at radius 1 is 1.38 bits per heavy atom. The van der Waals surface area contributed by atoms with Gasteiger partial charge < -0.3 is 16.2 Å². The lowest BCUT2D eigenvalue weighted by molar-refractivity contribution is 0.0624. The van der Waals surface area contributed by atoms with Crippen LogP contribution in [0.4, 0.5) is 10.1 Å². The third kappa shape index (κ3) is 3.32. The molecule has 0 radical (unpaired) electrons. The zero-order chi connectivity index (χ0) is 15.6. The van der Waals surface area contributed by atoms with Gasteiger partial charge in [-0.2, -0.15) is 0 Å². The highest BCUT2D eigenvalue weighted by Crippen LogP contribution is 2.28. The van der Waals surface area contributed by atoms with Crippen LogP contribution in [-0.4, -0.2) is 23.7 Å². The Bertz CT molecular complexity index is 661. The maximum atomic E-state index is 13.3. The fourth-order valence-electron chi connectivity index (χ4n) is 1.86. The van der Waals surface area contributed by atoms with Crippen LogP contribution in [0.2, 0.25) is 5.02 Å². The van der Waals surface area contributed by atoms with Crippen molar-refractivity contribution < 1.29 is 9.50 Å². The monoisotopic (exact) mass is 309 g/mol. The lowest BCUT2D eigenvalue weighted by Gasteiger charge is -2.22. The lowest BCUT2D eigenvalue weighted by Crippen LogP contribution is -2.32. The Balaban J connectivity index is 2.57. The number of benzene rings is 1. The third-order valence-electron chi connectivity index (χ3n) is 3.28. The maximum absolute atomic E-state index is 13.3. The number of hydrogen-bond acceptors (Lipinski definition) is 4. The van der Waals surface area contributed by atoms with Crippen molar-refractivity contribution in [3.8, 4) is 11.3 Å². The van der Waals surface area contributed by atoms with E-state index in [0.717, 1.165) is 5.69 Å². The molecule has 0 bridgehead atoms. The molecular formula is C15H17ClFN3O. The van der Waals surface area contributed by atoms with E-state index < -0.39 is 11.4 Å². The summed E-state index contributed by atoms with van der Waals surface area (Å²) in [5, 5.41) is 13.3. The zero-order valence-corrected chi connectivity index (χ0v) is 12.6. The van der Waals surface area contributed by atoms with Gasteiger partial charge >= 0.3 is 0 Å². The molecule has 0 aliphatic rings. The van der Waals surface area contributed by atoms with Crippen LogP contribution < -0.4 is 11.1 Å².